The molecule has 5 N–H and O–H groups in total. The molecule has 0 radical (unpaired) electrons. The second-order valence-corrected chi connectivity index (χ2v) is 4.40. The number of rotatable bonds is 2. The smallest absolute Gasteiger partial charge is 0.126 e. The van der Waals surface area contributed by atoms with E-state index in [1.54, 1.807) is 6.20 Å². The summed E-state index contributed by atoms with van der Waals surface area (Å²) >= 11 is 0. The molecule has 0 aliphatic rings. The molecule has 2 aromatic carbocycles. The number of aromatic nitrogens is 2. The molecule has 4 nitrogen and oxygen atoms in total. The highest BCUT2D eigenvalue weighted by Gasteiger charge is 2.06. The lowest BCUT2D eigenvalue weighted by Gasteiger charge is -2.06. The first-order valence-electron chi connectivity index (χ1n) is 5.99. The Bertz CT molecular complexity index is 715. The molecule has 3 aromatic rings. The molecule has 4 heteroatoms. The van der Waals surface area contributed by atoms with E-state index in [1.807, 2.05) is 36.4 Å². The van der Waals surface area contributed by atoms with Crippen molar-refractivity contribution in [2.24, 2.45) is 0 Å². The van der Waals surface area contributed by atoms with Gasteiger partial charge in [-0.05, 0) is 34.9 Å². The van der Waals surface area contributed by atoms with Crippen molar-refractivity contribution in [2.45, 2.75) is 0 Å². The van der Waals surface area contributed by atoms with Gasteiger partial charge in [-0.15, -0.1) is 0 Å². The van der Waals surface area contributed by atoms with Crippen LogP contribution in [0.15, 0.2) is 54.7 Å². The summed E-state index contributed by atoms with van der Waals surface area (Å²) in [5.74, 6) is 0.574. The van der Waals surface area contributed by atoms with Gasteiger partial charge in [0.25, 0.3) is 0 Å². The number of nitrogen functional groups attached to an aromatic ring is 2. The van der Waals surface area contributed by atoms with Crippen molar-refractivity contribution in [3.63, 3.8) is 0 Å². The fourth-order valence-corrected chi connectivity index (χ4v) is 2.11. The van der Waals surface area contributed by atoms with Gasteiger partial charge in [-0.2, -0.15) is 5.10 Å². The average molecular weight is 250 g/mol. The minimum Gasteiger partial charge on any atom is -0.399 e. The fraction of sp³-hybridized carbons (Fsp3) is 0. The van der Waals surface area contributed by atoms with Gasteiger partial charge in [0.05, 0.1) is 6.20 Å². The van der Waals surface area contributed by atoms with Crippen LogP contribution in [0.3, 0.4) is 0 Å². The first-order valence-corrected chi connectivity index (χ1v) is 5.99. The topological polar surface area (TPSA) is 80.7 Å². The third-order valence-electron chi connectivity index (χ3n) is 3.06. The number of aromatic amines is 1. The van der Waals surface area contributed by atoms with E-state index in [-0.39, 0.29) is 0 Å². The predicted octanol–water partition coefficient (Wildman–Crippen LogP) is 2.91. The summed E-state index contributed by atoms with van der Waals surface area (Å²) in [6, 6.07) is 16.0. The molecule has 0 spiro atoms. The van der Waals surface area contributed by atoms with Gasteiger partial charge in [-0.25, -0.2) is 0 Å². The Morgan fingerprint density at radius 3 is 2.21 bits per heavy atom. The van der Waals surface area contributed by atoms with E-state index in [2.05, 4.69) is 22.3 Å². The van der Waals surface area contributed by atoms with Crippen molar-refractivity contribution in [3.05, 3.63) is 54.7 Å². The summed E-state index contributed by atoms with van der Waals surface area (Å²) in [5, 5.41) is 6.69. The largest absolute Gasteiger partial charge is 0.399 e. The molecule has 3 rings (SSSR count). The lowest BCUT2D eigenvalue weighted by atomic mass is 10.00. The average Bonchev–Trinajstić information content (AvgIpc) is 2.85. The van der Waals surface area contributed by atoms with Crippen LogP contribution in [0.25, 0.3) is 22.3 Å². The van der Waals surface area contributed by atoms with Crippen LogP contribution < -0.4 is 11.5 Å². The van der Waals surface area contributed by atoms with E-state index in [1.165, 1.54) is 0 Å². The van der Waals surface area contributed by atoms with Gasteiger partial charge < -0.3 is 11.5 Å². The van der Waals surface area contributed by atoms with Crippen molar-refractivity contribution in [1.82, 2.24) is 10.2 Å². The van der Waals surface area contributed by atoms with Crippen LogP contribution in [0.5, 0.6) is 0 Å². The first-order chi connectivity index (χ1) is 9.24. The molecule has 0 saturated heterocycles. The van der Waals surface area contributed by atoms with E-state index in [0.29, 0.717) is 5.82 Å². The summed E-state index contributed by atoms with van der Waals surface area (Å²) in [4.78, 5) is 0. The zero-order chi connectivity index (χ0) is 13.2. The molecule has 0 aliphatic heterocycles. The normalized spacial score (nSPS) is 10.5. The van der Waals surface area contributed by atoms with Crippen LogP contribution in [0, 0.1) is 0 Å². The van der Waals surface area contributed by atoms with Gasteiger partial charge in [-0.3, -0.25) is 5.10 Å². The van der Waals surface area contributed by atoms with Crippen LogP contribution in [-0.4, -0.2) is 10.2 Å². The maximum Gasteiger partial charge on any atom is 0.126 e. The Hall–Kier alpha value is -2.75. The monoisotopic (exact) mass is 250 g/mol. The standard InChI is InChI=1S/C15H14N4/c16-13-6-2-4-11(8-13)10-3-1-5-12(7-10)14-9-18-19-15(14)17/h1-9H,16H2,(H3,17,18,19). The van der Waals surface area contributed by atoms with Crippen LogP contribution in [0.2, 0.25) is 0 Å². The molecular weight excluding hydrogens is 236 g/mol. The number of H-pyrrole nitrogens is 1. The van der Waals surface area contributed by atoms with Crippen molar-refractivity contribution in [1.29, 1.82) is 0 Å². The highest BCUT2D eigenvalue weighted by atomic mass is 15.1. The van der Waals surface area contributed by atoms with Crippen LogP contribution in [0.1, 0.15) is 0 Å². The van der Waals surface area contributed by atoms with Gasteiger partial charge in [0.2, 0.25) is 0 Å². The zero-order valence-electron chi connectivity index (χ0n) is 10.3. The Morgan fingerprint density at radius 2 is 1.53 bits per heavy atom. The number of hydrogen-bond donors (Lipinski definition) is 3. The zero-order valence-corrected chi connectivity index (χ0v) is 10.3. The number of nitrogens with two attached hydrogens (primary N) is 2. The van der Waals surface area contributed by atoms with E-state index in [4.69, 9.17) is 11.5 Å². The predicted molar refractivity (Wildman–Crippen MR) is 78.3 cm³/mol. The lowest BCUT2D eigenvalue weighted by molar-refractivity contribution is 1.10. The minimum absolute atomic E-state index is 0.574. The molecule has 1 aromatic heterocycles. The summed E-state index contributed by atoms with van der Waals surface area (Å²) < 4.78 is 0. The van der Waals surface area contributed by atoms with Gasteiger partial charge in [-0.1, -0.05) is 30.3 Å². The molecule has 0 saturated carbocycles. The summed E-state index contributed by atoms with van der Waals surface area (Å²) in [6.07, 6.45) is 1.73. The molecule has 0 unspecified atom stereocenters. The Kier molecular flexibility index (Phi) is 2.68. The van der Waals surface area contributed by atoms with Gasteiger partial charge in [0.15, 0.2) is 0 Å². The second kappa shape index (κ2) is 4.49. The number of anilines is 2. The third-order valence-corrected chi connectivity index (χ3v) is 3.06. The van der Waals surface area contributed by atoms with Gasteiger partial charge >= 0.3 is 0 Å². The SMILES string of the molecule is Nc1cccc(-c2cccc(-c3cn[nH]c3N)c2)c1. The number of nitrogens with zero attached hydrogens (tertiary/aromatic N) is 1. The van der Waals surface area contributed by atoms with E-state index >= 15 is 0 Å². The molecule has 0 amide bonds. The van der Waals surface area contributed by atoms with Gasteiger partial charge in [0.1, 0.15) is 5.82 Å². The van der Waals surface area contributed by atoms with E-state index in [0.717, 1.165) is 27.9 Å². The molecule has 94 valence electrons. The highest BCUT2D eigenvalue weighted by molar-refractivity contribution is 5.78. The van der Waals surface area contributed by atoms with Crippen molar-refractivity contribution in [2.75, 3.05) is 11.5 Å². The number of hydrogen-bond acceptors (Lipinski definition) is 3. The van der Waals surface area contributed by atoms with Crippen LogP contribution >= 0.6 is 0 Å². The maximum atomic E-state index is 5.85. The Morgan fingerprint density at radius 1 is 0.842 bits per heavy atom. The second-order valence-electron chi connectivity index (χ2n) is 4.40. The van der Waals surface area contributed by atoms with Crippen molar-refractivity contribution in [3.8, 4) is 22.3 Å². The summed E-state index contributed by atoms with van der Waals surface area (Å²) in [6.45, 7) is 0. The van der Waals surface area contributed by atoms with Crippen molar-refractivity contribution >= 4 is 11.5 Å². The number of nitrogens with one attached hydrogen (secondary N) is 1. The molecule has 1 heterocycles. The van der Waals surface area contributed by atoms with E-state index in [9.17, 15) is 0 Å². The maximum absolute atomic E-state index is 5.85. The van der Waals surface area contributed by atoms with Crippen LogP contribution in [0.4, 0.5) is 11.5 Å². The van der Waals surface area contributed by atoms with Crippen LogP contribution in [-0.2, 0) is 0 Å². The van der Waals surface area contributed by atoms with E-state index < -0.39 is 0 Å². The van der Waals surface area contributed by atoms with Crippen molar-refractivity contribution < 1.29 is 0 Å². The lowest BCUT2D eigenvalue weighted by Crippen LogP contribution is -1.88. The fourth-order valence-electron chi connectivity index (χ4n) is 2.11. The molecular formula is C15H14N4. The third kappa shape index (κ3) is 2.15. The Balaban J connectivity index is 2.08. The quantitative estimate of drug-likeness (QED) is 0.612. The highest BCUT2D eigenvalue weighted by Crippen LogP contribution is 2.29. The first kappa shape index (κ1) is 11.3. The minimum atomic E-state index is 0.574. The molecule has 0 fully saturated rings. The Labute approximate surface area is 111 Å². The summed E-state index contributed by atoms with van der Waals surface area (Å²) in [7, 11) is 0. The number of benzene rings is 2. The van der Waals surface area contributed by atoms with Gasteiger partial charge in [0, 0.05) is 11.3 Å². The molecule has 0 aliphatic carbocycles. The molecule has 0 bridgehead atoms. The summed E-state index contributed by atoms with van der Waals surface area (Å²) in [5.41, 5.74) is 16.6. The molecule has 0 atom stereocenters. The molecule has 19 heavy (non-hydrogen) atoms.